The summed E-state index contributed by atoms with van der Waals surface area (Å²) >= 11 is 0. The predicted octanol–water partition coefficient (Wildman–Crippen LogP) is 1.90. The van der Waals surface area contributed by atoms with Crippen LogP contribution in [0, 0.1) is 0 Å². The molecule has 0 fully saturated rings. The second kappa shape index (κ2) is 11.9. The molecule has 0 radical (unpaired) electrons. The van der Waals surface area contributed by atoms with Crippen LogP contribution in [0.25, 0.3) is 0 Å². The molecule has 2 aromatic carbocycles. The lowest BCUT2D eigenvalue weighted by atomic mass is 10.0. The maximum atomic E-state index is 12.6. The van der Waals surface area contributed by atoms with Crippen molar-refractivity contribution in [1.82, 2.24) is 10.6 Å². The van der Waals surface area contributed by atoms with Crippen LogP contribution in [0.15, 0.2) is 54.6 Å². The second-order valence-corrected chi connectivity index (χ2v) is 7.22. The molecule has 0 spiro atoms. The van der Waals surface area contributed by atoms with Crippen LogP contribution in [-0.2, 0) is 33.5 Å². The van der Waals surface area contributed by atoms with Gasteiger partial charge in [0, 0.05) is 13.0 Å². The summed E-state index contributed by atoms with van der Waals surface area (Å²) in [5.74, 6) is -1.61. The Morgan fingerprint density at radius 2 is 1.64 bits per heavy atom. The molecule has 8 nitrogen and oxygen atoms in total. The van der Waals surface area contributed by atoms with Gasteiger partial charge in [-0.25, -0.2) is 4.79 Å². The van der Waals surface area contributed by atoms with E-state index in [2.05, 4.69) is 10.6 Å². The highest BCUT2D eigenvalue weighted by Crippen LogP contribution is 2.29. The first-order valence-corrected chi connectivity index (χ1v) is 9.92. The molecule has 0 saturated heterocycles. The maximum Gasteiger partial charge on any atom is 0.416 e. The lowest BCUT2D eigenvalue weighted by Gasteiger charge is -2.18. The van der Waals surface area contributed by atoms with Gasteiger partial charge in [0.25, 0.3) is 0 Å². The van der Waals surface area contributed by atoms with Crippen molar-refractivity contribution in [3.8, 4) is 0 Å². The van der Waals surface area contributed by atoms with Crippen molar-refractivity contribution < 1.29 is 37.4 Å². The van der Waals surface area contributed by atoms with Crippen molar-refractivity contribution in [2.75, 3.05) is 6.54 Å². The fraction of sp³-hybridized carbons (Fsp3) is 0.318. The molecule has 0 aliphatic carbocycles. The zero-order valence-corrected chi connectivity index (χ0v) is 17.5. The van der Waals surface area contributed by atoms with Crippen LogP contribution in [0.5, 0.6) is 0 Å². The van der Waals surface area contributed by atoms with Gasteiger partial charge in [0.1, 0.15) is 12.6 Å². The van der Waals surface area contributed by atoms with Gasteiger partial charge in [0.15, 0.2) is 0 Å². The molecule has 0 heterocycles. The molecule has 3 amide bonds. The van der Waals surface area contributed by atoms with E-state index < -0.39 is 48.2 Å². The topological polar surface area (TPSA) is 131 Å². The number of hydrogen-bond acceptors (Lipinski definition) is 5. The molecule has 2 rings (SSSR count). The van der Waals surface area contributed by atoms with Crippen LogP contribution < -0.4 is 16.4 Å². The third-order valence-corrected chi connectivity index (χ3v) is 4.52. The summed E-state index contributed by atoms with van der Waals surface area (Å²) in [4.78, 5) is 35.5. The number of aliphatic hydroxyl groups is 1. The number of halogens is 3. The molecule has 2 aromatic rings. The second-order valence-electron chi connectivity index (χ2n) is 7.22. The van der Waals surface area contributed by atoms with E-state index in [1.54, 1.807) is 24.3 Å². The molecule has 0 aliphatic heterocycles. The number of carbonyl (C=O) groups excluding carboxylic acids is 3. The van der Waals surface area contributed by atoms with Crippen molar-refractivity contribution in [2.24, 2.45) is 5.73 Å². The molecule has 5 N–H and O–H groups in total. The standard InChI is InChI=1S/C22H24F3N3O5/c23-22(24,25)16-8-6-14(7-9-16)10-18(20(26)31)28-19(30)11-17(29)12-27-21(32)33-13-15-4-2-1-3-5-15/h1-9,17-18,29H,10-13H2,(H2,26,31)(H,27,32)(H,28,30)/t17-,18-/m0/s1. The Hall–Kier alpha value is -3.60. The number of rotatable bonds is 10. The smallest absolute Gasteiger partial charge is 0.416 e. The number of amides is 3. The fourth-order valence-corrected chi connectivity index (χ4v) is 2.80. The average molecular weight is 467 g/mol. The van der Waals surface area contributed by atoms with E-state index in [-0.39, 0.29) is 19.6 Å². The van der Waals surface area contributed by atoms with Crippen LogP contribution >= 0.6 is 0 Å². The van der Waals surface area contributed by atoms with E-state index in [0.717, 1.165) is 17.7 Å². The molecule has 0 unspecified atom stereocenters. The molecule has 11 heteroatoms. The first-order chi connectivity index (χ1) is 15.5. The Morgan fingerprint density at radius 1 is 1.00 bits per heavy atom. The zero-order chi connectivity index (χ0) is 24.4. The van der Waals surface area contributed by atoms with E-state index in [0.29, 0.717) is 5.56 Å². The average Bonchev–Trinajstić information content (AvgIpc) is 2.76. The van der Waals surface area contributed by atoms with E-state index in [9.17, 15) is 32.7 Å². The highest BCUT2D eigenvalue weighted by atomic mass is 19.4. The summed E-state index contributed by atoms with van der Waals surface area (Å²) in [6, 6.07) is 11.8. The minimum atomic E-state index is -4.49. The highest BCUT2D eigenvalue weighted by Gasteiger charge is 2.30. The lowest BCUT2D eigenvalue weighted by Crippen LogP contribution is -2.47. The van der Waals surface area contributed by atoms with Crippen molar-refractivity contribution in [2.45, 2.75) is 37.8 Å². The number of alkyl halides is 3. The Balaban J connectivity index is 1.77. The molecular weight excluding hydrogens is 443 g/mol. The largest absolute Gasteiger partial charge is 0.445 e. The van der Waals surface area contributed by atoms with Gasteiger partial charge in [-0.3, -0.25) is 9.59 Å². The normalized spacial score (nSPS) is 13.0. The van der Waals surface area contributed by atoms with E-state index >= 15 is 0 Å². The van der Waals surface area contributed by atoms with Crippen molar-refractivity contribution >= 4 is 17.9 Å². The quantitative estimate of drug-likeness (QED) is 0.424. The number of nitrogens with two attached hydrogens (primary N) is 1. The van der Waals surface area contributed by atoms with E-state index in [1.807, 2.05) is 6.07 Å². The van der Waals surface area contributed by atoms with Gasteiger partial charge in [-0.05, 0) is 23.3 Å². The third kappa shape index (κ3) is 9.19. The number of carbonyl (C=O) groups is 3. The van der Waals surface area contributed by atoms with Gasteiger partial charge < -0.3 is 26.2 Å². The van der Waals surface area contributed by atoms with Gasteiger partial charge in [-0.15, -0.1) is 0 Å². The van der Waals surface area contributed by atoms with Crippen molar-refractivity contribution in [3.63, 3.8) is 0 Å². The first-order valence-electron chi connectivity index (χ1n) is 9.92. The van der Waals surface area contributed by atoms with E-state index in [1.165, 1.54) is 12.1 Å². The first kappa shape index (κ1) is 25.7. The minimum absolute atomic E-state index is 0.0352. The number of aliphatic hydroxyl groups excluding tert-OH is 1. The number of ether oxygens (including phenoxy) is 1. The SMILES string of the molecule is NC(=O)[C@H](Cc1ccc(C(F)(F)F)cc1)NC(=O)C[C@H](O)CNC(=O)OCc1ccccc1. The van der Waals surface area contributed by atoms with Crippen LogP contribution in [0.4, 0.5) is 18.0 Å². The van der Waals surface area contributed by atoms with Crippen LogP contribution in [0.2, 0.25) is 0 Å². The summed E-state index contributed by atoms with van der Waals surface area (Å²) in [5, 5.41) is 14.6. The zero-order valence-electron chi connectivity index (χ0n) is 17.5. The van der Waals surface area contributed by atoms with Gasteiger partial charge in [0.05, 0.1) is 18.1 Å². The Morgan fingerprint density at radius 3 is 2.21 bits per heavy atom. The molecule has 33 heavy (non-hydrogen) atoms. The van der Waals surface area contributed by atoms with Gasteiger partial charge >= 0.3 is 12.3 Å². The summed E-state index contributed by atoms with van der Waals surface area (Å²) < 4.78 is 42.9. The molecule has 0 aromatic heterocycles. The monoisotopic (exact) mass is 467 g/mol. The number of nitrogens with one attached hydrogen (secondary N) is 2. The summed E-state index contributed by atoms with van der Waals surface area (Å²) in [6.45, 7) is -0.241. The Bertz CT molecular complexity index is 937. The number of hydrogen-bond donors (Lipinski definition) is 4. The Labute approximate surface area is 187 Å². The molecule has 0 aliphatic rings. The van der Waals surface area contributed by atoms with Crippen LogP contribution in [-0.4, -0.2) is 41.7 Å². The van der Waals surface area contributed by atoms with Gasteiger partial charge in [-0.2, -0.15) is 13.2 Å². The highest BCUT2D eigenvalue weighted by molar-refractivity contribution is 5.87. The predicted molar refractivity (Wildman–Crippen MR) is 112 cm³/mol. The summed E-state index contributed by atoms with van der Waals surface area (Å²) in [6.07, 6.45) is -7.12. The number of benzene rings is 2. The maximum absolute atomic E-state index is 12.6. The minimum Gasteiger partial charge on any atom is -0.445 e. The third-order valence-electron chi connectivity index (χ3n) is 4.52. The molecule has 0 saturated carbocycles. The van der Waals surface area contributed by atoms with Crippen LogP contribution in [0.3, 0.4) is 0 Å². The van der Waals surface area contributed by atoms with Gasteiger partial charge in [0.2, 0.25) is 11.8 Å². The fourth-order valence-electron chi connectivity index (χ4n) is 2.80. The van der Waals surface area contributed by atoms with Crippen LogP contribution in [0.1, 0.15) is 23.1 Å². The molecule has 0 bridgehead atoms. The van der Waals surface area contributed by atoms with Gasteiger partial charge in [-0.1, -0.05) is 42.5 Å². The molecule has 178 valence electrons. The summed E-state index contributed by atoms with van der Waals surface area (Å²) in [7, 11) is 0. The van der Waals surface area contributed by atoms with E-state index in [4.69, 9.17) is 10.5 Å². The molecule has 2 atom stereocenters. The van der Waals surface area contributed by atoms with Crippen molar-refractivity contribution in [3.05, 3.63) is 71.3 Å². The number of alkyl carbamates (subject to hydrolysis) is 1. The Kier molecular flexibility index (Phi) is 9.22. The summed E-state index contributed by atoms with van der Waals surface area (Å²) in [5.41, 5.74) is 5.56. The number of primary amides is 1. The molecular formula is C22H24F3N3O5. The van der Waals surface area contributed by atoms with Crippen molar-refractivity contribution in [1.29, 1.82) is 0 Å². The lowest BCUT2D eigenvalue weighted by molar-refractivity contribution is -0.137.